The molecule has 1 aromatic heterocycles. The zero-order valence-corrected chi connectivity index (χ0v) is 12.4. The van der Waals surface area contributed by atoms with Crippen LogP contribution in [-0.4, -0.2) is 43.5 Å². The van der Waals surface area contributed by atoms with Gasteiger partial charge in [0.2, 0.25) is 5.91 Å². The second kappa shape index (κ2) is 5.05. The lowest BCUT2D eigenvalue weighted by Crippen LogP contribution is -2.34. The molecule has 0 saturated heterocycles. The van der Waals surface area contributed by atoms with Crippen molar-refractivity contribution in [3.63, 3.8) is 0 Å². The molecule has 0 fully saturated rings. The number of nitrogens with zero attached hydrogens (tertiary/aromatic N) is 3. The Hall–Kier alpha value is -1.82. The minimum Gasteiger partial charge on any atom is -0.397 e. The molecule has 0 spiro atoms. The Balaban J connectivity index is 2.33. The van der Waals surface area contributed by atoms with Gasteiger partial charge in [-0.25, -0.2) is 4.98 Å². The van der Waals surface area contributed by atoms with Gasteiger partial charge in [0.1, 0.15) is 0 Å². The first kappa shape index (κ1) is 13.6. The highest BCUT2D eigenvalue weighted by Crippen LogP contribution is 2.31. The number of nitrogen functional groups attached to an aromatic ring is 1. The van der Waals surface area contributed by atoms with Crippen molar-refractivity contribution in [1.82, 2.24) is 9.88 Å². The molecule has 102 valence electrons. The van der Waals surface area contributed by atoms with Crippen LogP contribution in [0.4, 0.5) is 11.4 Å². The monoisotopic (exact) mass is 278 g/mol. The molecule has 0 saturated carbocycles. The topological polar surface area (TPSA) is 62.5 Å². The number of carbonyl (C=O) groups excluding carboxylic acids is 1. The van der Waals surface area contributed by atoms with Crippen LogP contribution in [0, 0.1) is 6.92 Å². The third-order valence-corrected chi connectivity index (χ3v) is 3.86. The molecule has 19 heavy (non-hydrogen) atoms. The predicted octanol–water partition coefficient (Wildman–Crippen LogP) is 1.71. The predicted molar refractivity (Wildman–Crippen MR) is 80.7 cm³/mol. The smallest absolute Gasteiger partial charge is 0.241 e. The van der Waals surface area contributed by atoms with Gasteiger partial charge in [0.05, 0.1) is 33.1 Å². The van der Waals surface area contributed by atoms with Gasteiger partial charge in [0.25, 0.3) is 0 Å². The van der Waals surface area contributed by atoms with Crippen LogP contribution in [0.5, 0.6) is 0 Å². The molecule has 0 aliphatic carbocycles. The first-order valence-corrected chi connectivity index (χ1v) is 6.78. The molecule has 1 amide bonds. The van der Waals surface area contributed by atoms with Crippen LogP contribution >= 0.6 is 11.3 Å². The van der Waals surface area contributed by atoms with E-state index in [0.717, 1.165) is 20.9 Å². The van der Waals surface area contributed by atoms with Crippen molar-refractivity contribution in [2.24, 2.45) is 0 Å². The Morgan fingerprint density at radius 3 is 2.68 bits per heavy atom. The highest BCUT2D eigenvalue weighted by molar-refractivity contribution is 7.18. The molecular formula is C13H18N4OS. The van der Waals surface area contributed by atoms with Crippen LogP contribution in [0.25, 0.3) is 10.2 Å². The molecule has 0 atom stereocenters. The van der Waals surface area contributed by atoms with E-state index in [2.05, 4.69) is 4.98 Å². The molecular weight excluding hydrogens is 260 g/mol. The fourth-order valence-electron chi connectivity index (χ4n) is 1.85. The lowest BCUT2D eigenvalue weighted by atomic mass is 10.2. The number of nitrogens with two attached hydrogens (primary N) is 1. The summed E-state index contributed by atoms with van der Waals surface area (Å²) in [4.78, 5) is 19.6. The minimum absolute atomic E-state index is 0.0384. The quantitative estimate of drug-likeness (QED) is 0.868. The molecule has 0 aliphatic rings. The first-order valence-electron chi connectivity index (χ1n) is 5.96. The number of benzene rings is 1. The number of fused-ring (bicyclic) bond motifs is 1. The van der Waals surface area contributed by atoms with E-state index in [1.165, 1.54) is 0 Å². The van der Waals surface area contributed by atoms with Crippen LogP contribution in [-0.2, 0) is 4.79 Å². The van der Waals surface area contributed by atoms with E-state index in [0.29, 0.717) is 12.2 Å². The second-order valence-electron chi connectivity index (χ2n) is 4.76. The van der Waals surface area contributed by atoms with Crippen molar-refractivity contribution in [3.8, 4) is 0 Å². The summed E-state index contributed by atoms with van der Waals surface area (Å²) in [6.07, 6.45) is 0. The van der Waals surface area contributed by atoms with Gasteiger partial charge in [-0.2, -0.15) is 0 Å². The maximum Gasteiger partial charge on any atom is 0.241 e. The third kappa shape index (κ3) is 2.78. The van der Waals surface area contributed by atoms with Crippen LogP contribution in [0.2, 0.25) is 0 Å². The molecule has 0 unspecified atom stereocenters. The fourth-order valence-corrected chi connectivity index (χ4v) is 2.71. The number of rotatable bonds is 3. The van der Waals surface area contributed by atoms with Gasteiger partial charge in [0, 0.05) is 21.1 Å². The Morgan fingerprint density at radius 1 is 1.37 bits per heavy atom. The van der Waals surface area contributed by atoms with Crippen LogP contribution in [0.15, 0.2) is 12.1 Å². The summed E-state index contributed by atoms with van der Waals surface area (Å²) in [6.45, 7) is 2.27. The number of hydrogen-bond donors (Lipinski definition) is 1. The number of aromatic nitrogens is 1. The van der Waals surface area contributed by atoms with E-state index < -0.39 is 0 Å². The number of likely N-dealkylation sites (N-methyl/N-ethyl adjacent to an activating group) is 2. The number of hydrogen-bond acceptors (Lipinski definition) is 5. The molecule has 5 nitrogen and oxygen atoms in total. The molecule has 0 bridgehead atoms. The normalized spacial score (nSPS) is 10.7. The van der Waals surface area contributed by atoms with Gasteiger partial charge in [-0.1, -0.05) is 0 Å². The number of amides is 1. The molecule has 1 heterocycles. The average Bonchev–Trinajstić information content (AvgIpc) is 2.66. The van der Waals surface area contributed by atoms with Gasteiger partial charge < -0.3 is 15.5 Å². The average molecular weight is 278 g/mol. The summed E-state index contributed by atoms with van der Waals surface area (Å²) in [5, 5.41) is 1.01. The van der Waals surface area contributed by atoms with Gasteiger partial charge in [-0.05, 0) is 19.1 Å². The van der Waals surface area contributed by atoms with Crippen molar-refractivity contribution in [2.75, 3.05) is 38.3 Å². The van der Waals surface area contributed by atoms with Crippen molar-refractivity contribution >= 4 is 38.8 Å². The van der Waals surface area contributed by atoms with Crippen LogP contribution in [0.3, 0.4) is 0 Å². The highest BCUT2D eigenvalue weighted by atomic mass is 32.1. The first-order chi connectivity index (χ1) is 8.88. The van der Waals surface area contributed by atoms with E-state index in [-0.39, 0.29) is 5.91 Å². The van der Waals surface area contributed by atoms with Crippen LogP contribution in [0.1, 0.15) is 5.01 Å². The summed E-state index contributed by atoms with van der Waals surface area (Å²) in [7, 11) is 5.34. The van der Waals surface area contributed by atoms with Crippen molar-refractivity contribution < 1.29 is 4.79 Å². The molecule has 2 aromatic rings. The largest absolute Gasteiger partial charge is 0.397 e. The van der Waals surface area contributed by atoms with Gasteiger partial charge >= 0.3 is 0 Å². The van der Waals surface area contributed by atoms with E-state index in [4.69, 9.17) is 5.73 Å². The summed E-state index contributed by atoms with van der Waals surface area (Å²) in [5.74, 6) is 0.0384. The van der Waals surface area contributed by atoms with E-state index >= 15 is 0 Å². The van der Waals surface area contributed by atoms with Gasteiger partial charge in [-0.15, -0.1) is 11.3 Å². The van der Waals surface area contributed by atoms with Gasteiger partial charge in [-0.3, -0.25) is 4.79 Å². The van der Waals surface area contributed by atoms with E-state index in [1.807, 2.05) is 31.0 Å². The second-order valence-corrected chi connectivity index (χ2v) is 5.99. The zero-order chi connectivity index (χ0) is 14.2. The summed E-state index contributed by atoms with van der Waals surface area (Å²) < 4.78 is 1.08. The van der Waals surface area contributed by atoms with Crippen molar-refractivity contribution in [3.05, 3.63) is 17.1 Å². The lowest BCUT2D eigenvalue weighted by Gasteiger charge is -2.22. The standard InChI is InChI=1S/C13H18N4OS/c1-8-15-10-6-11(9(14)5-12(10)19-8)17(4)7-13(18)16(2)3/h5-6H,7,14H2,1-4H3. The molecule has 0 aliphatic heterocycles. The fraction of sp³-hybridized carbons (Fsp3) is 0.385. The molecule has 1 aromatic carbocycles. The number of thiazole rings is 1. The van der Waals surface area contributed by atoms with E-state index in [1.54, 1.807) is 30.3 Å². The Bertz CT molecular complexity index is 620. The SMILES string of the molecule is Cc1nc2cc(N(C)CC(=O)N(C)C)c(N)cc2s1. The zero-order valence-electron chi connectivity index (χ0n) is 11.6. The van der Waals surface area contributed by atoms with Crippen molar-refractivity contribution in [1.29, 1.82) is 0 Å². The Kier molecular flexibility index (Phi) is 3.61. The summed E-state index contributed by atoms with van der Waals surface area (Å²) in [6, 6.07) is 3.86. The third-order valence-electron chi connectivity index (χ3n) is 2.93. The number of anilines is 2. The van der Waals surface area contributed by atoms with E-state index in [9.17, 15) is 4.79 Å². The maximum atomic E-state index is 11.7. The minimum atomic E-state index is 0.0384. The molecule has 2 rings (SSSR count). The lowest BCUT2D eigenvalue weighted by molar-refractivity contribution is -0.127. The summed E-state index contributed by atoms with van der Waals surface area (Å²) in [5.41, 5.74) is 8.50. The Morgan fingerprint density at radius 2 is 2.05 bits per heavy atom. The summed E-state index contributed by atoms with van der Waals surface area (Å²) >= 11 is 1.62. The molecule has 6 heteroatoms. The van der Waals surface area contributed by atoms with Gasteiger partial charge in [0.15, 0.2) is 0 Å². The number of aryl methyl sites for hydroxylation is 1. The van der Waals surface area contributed by atoms with Crippen molar-refractivity contribution in [2.45, 2.75) is 6.92 Å². The number of carbonyl (C=O) groups is 1. The maximum absolute atomic E-state index is 11.7. The highest BCUT2D eigenvalue weighted by Gasteiger charge is 2.13. The molecule has 2 N–H and O–H groups in total. The van der Waals surface area contributed by atoms with Crippen LogP contribution < -0.4 is 10.6 Å². The molecule has 0 radical (unpaired) electrons. The Labute approximate surface area is 116 Å².